The zero-order chi connectivity index (χ0) is 19.8. The van der Waals surface area contributed by atoms with Gasteiger partial charge in [-0.15, -0.1) is 24.0 Å². The molecule has 0 radical (unpaired) electrons. The van der Waals surface area contributed by atoms with E-state index in [1.807, 2.05) is 0 Å². The van der Waals surface area contributed by atoms with Gasteiger partial charge in [0.2, 0.25) is 0 Å². The Morgan fingerprint density at radius 3 is 2.55 bits per heavy atom. The summed E-state index contributed by atoms with van der Waals surface area (Å²) in [4.78, 5) is 9.80. The van der Waals surface area contributed by atoms with Crippen LogP contribution in [0.4, 0.5) is 5.69 Å². The van der Waals surface area contributed by atoms with Crippen LogP contribution in [0.25, 0.3) is 0 Å². The summed E-state index contributed by atoms with van der Waals surface area (Å²) >= 11 is 0. The Kier molecular flexibility index (Phi) is 10.5. The van der Waals surface area contributed by atoms with Crippen LogP contribution in [0, 0.1) is 0 Å². The van der Waals surface area contributed by atoms with E-state index in [0.29, 0.717) is 6.04 Å². The van der Waals surface area contributed by atoms with E-state index in [1.165, 1.54) is 37.2 Å². The molecule has 0 bridgehead atoms. The SMILES string of the molecule is CCNC(=NCC(C)N1CCOCC1)NC(C)c1cccc(N2CCCC2)c1.I. The molecule has 0 spiro atoms. The molecule has 2 aliphatic rings. The van der Waals surface area contributed by atoms with E-state index in [2.05, 4.69) is 65.5 Å². The number of rotatable bonds is 7. The van der Waals surface area contributed by atoms with Gasteiger partial charge in [0, 0.05) is 44.5 Å². The monoisotopic (exact) mass is 515 g/mol. The minimum absolute atomic E-state index is 0. The molecule has 2 N–H and O–H groups in total. The highest BCUT2D eigenvalue weighted by Gasteiger charge is 2.17. The van der Waals surface area contributed by atoms with Gasteiger partial charge in [-0.2, -0.15) is 0 Å². The first-order valence-corrected chi connectivity index (χ1v) is 10.9. The summed E-state index contributed by atoms with van der Waals surface area (Å²) < 4.78 is 5.46. The number of nitrogens with one attached hydrogen (secondary N) is 2. The van der Waals surface area contributed by atoms with Crippen LogP contribution in [0.1, 0.15) is 45.2 Å². The minimum Gasteiger partial charge on any atom is -0.379 e. The van der Waals surface area contributed by atoms with Crippen LogP contribution < -0.4 is 15.5 Å². The van der Waals surface area contributed by atoms with Gasteiger partial charge >= 0.3 is 0 Å². The molecule has 2 aliphatic heterocycles. The number of hydrogen-bond donors (Lipinski definition) is 2. The number of ether oxygens (including phenoxy) is 1. The molecule has 3 rings (SSSR count). The van der Waals surface area contributed by atoms with Gasteiger partial charge in [0.25, 0.3) is 0 Å². The lowest BCUT2D eigenvalue weighted by molar-refractivity contribution is 0.0220. The van der Waals surface area contributed by atoms with Crippen molar-refractivity contribution in [2.45, 2.75) is 45.7 Å². The van der Waals surface area contributed by atoms with E-state index in [9.17, 15) is 0 Å². The van der Waals surface area contributed by atoms with Crippen LogP contribution in [0.15, 0.2) is 29.3 Å². The zero-order valence-electron chi connectivity index (χ0n) is 18.2. The molecule has 0 aliphatic carbocycles. The highest BCUT2D eigenvalue weighted by atomic mass is 127. The van der Waals surface area contributed by atoms with E-state index >= 15 is 0 Å². The standard InChI is InChI=1S/C22H37N5O.HI/c1-4-23-22(24-17-18(2)26-12-14-28-15-13-26)25-19(3)20-8-7-9-21(16-20)27-10-5-6-11-27;/h7-9,16,18-19H,4-6,10-15,17H2,1-3H3,(H2,23,24,25);1H. The Bertz CT molecular complexity index is 629. The van der Waals surface area contributed by atoms with Gasteiger partial charge in [-0.05, 0) is 51.3 Å². The summed E-state index contributed by atoms with van der Waals surface area (Å²) in [7, 11) is 0. The fraction of sp³-hybridized carbons (Fsp3) is 0.682. The first-order valence-electron chi connectivity index (χ1n) is 10.9. The van der Waals surface area contributed by atoms with Gasteiger partial charge in [0.05, 0.1) is 25.8 Å². The van der Waals surface area contributed by atoms with Crippen LogP contribution in [0.5, 0.6) is 0 Å². The van der Waals surface area contributed by atoms with Crippen molar-refractivity contribution in [2.75, 3.05) is 57.4 Å². The fourth-order valence-electron chi connectivity index (χ4n) is 3.93. The number of benzene rings is 1. The Morgan fingerprint density at radius 1 is 1.14 bits per heavy atom. The molecule has 1 aromatic rings. The van der Waals surface area contributed by atoms with Crippen LogP contribution >= 0.6 is 24.0 Å². The second-order valence-corrected chi connectivity index (χ2v) is 7.87. The summed E-state index contributed by atoms with van der Waals surface area (Å²) in [6, 6.07) is 9.56. The molecule has 164 valence electrons. The topological polar surface area (TPSA) is 52.1 Å². The Balaban J connectivity index is 0.00000300. The van der Waals surface area contributed by atoms with Crippen molar-refractivity contribution >= 4 is 35.6 Å². The molecule has 1 aromatic carbocycles. The lowest BCUT2D eigenvalue weighted by Gasteiger charge is -2.31. The average Bonchev–Trinajstić information content (AvgIpc) is 3.27. The maximum Gasteiger partial charge on any atom is 0.191 e. The maximum atomic E-state index is 5.46. The lowest BCUT2D eigenvalue weighted by Crippen LogP contribution is -2.44. The summed E-state index contributed by atoms with van der Waals surface area (Å²) in [5.41, 5.74) is 2.64. The molecule has 0 aromatic heterocycles. The fourth-order valence-corrected chi connectivity index (χ4v) is 3.93. The molecule has 2 heterocycles. The van der Waals surface area contributed by atoms with Crippen molar-refractivity contribution in [3.8, 4) is 0 Å². The van der Waals surface area contributed by atoms with Crippen molar-refractivity contribution in [3.05, 3.63) is 29.8 Å². The molecule has 6 nitrogen and oxygen atoms in total. The molecule has 2 unspecified atom stereocenters. The predicted octanol–water partition coefficient (Wildman–Crippen LogP) is 3.24. The minimum atomic E-state index is 0. The first kappa shape index (κ1) is 24.2. The Labute approximate surface area is 193 Å². The van der Waals surface area contributed by atoms with Crippen LogP contribution in [-0.2, 0) is 4.74 Å². The second-order valence-electron chi connectivity index (χ2n) is 7.87. The van der Waals surface area contributed by atoms with Crippen LogP contribution in [0.3, 0.4) is 0 Å². The molecular formula is C22H38IN5O. The van der Waals surface area contributed by atoms with E-state index in [4.69, 9.17) is 9.73 Å². The number of morpholine rings is 1. The smallest absolute Gasteiger partial charge is 0.191 e. The van der Waals surface area contributed by atoms with Crippen molar-refractivity contribution in [1.29, 1.82) is 0 Å². The first-order chi connectivity index (χ1) is 13.7. The van der Waals surface area contributed by atoms with Crippen molar-refractivity contribution in [1.82, 2.24) is 15.5 Å². The van der Waals surface area contributed by atoms with Gasteiger partial charge < -0.3 is 20.3 Å². The third-order valence-corrected chi connectivity index (χ3v) is 5.72. The molecule has 29 heavy (non-hydrogen) atoms. The molecule has 2 saturated heterocycles. The third-order valence-electron chi connectivity index (χ3n) is 5.72. The van der Waals surface area contributed by atoms with E-state index < -0.39 is 0 Å². The number of aliphatic imine (C=N–C) groups is 1. The summed E-state index contributed by atoms with van der Waals surface area (Å²) in [6.07, 6.45) is 2.60. The number of nitrogens with zero attached hydrogens (tertiary/aromatic N) is 3. The molecule has 0 amide bonds. The van der Waals surface area contributed by atoms with Crippen LogP contribution in [0.2, 0.25) is 0 Å². The highest BCUT2D eigenvalue weighted by molar-refractivity contribution is 14.0. The normalized spacial score (nSPS) is 20.1. The van der Waals surface area contributed by atoms with Gasteiger partial charge in [-0.25, -0.2) is 0 Å². The van der Waals surface area contributed by atoms with Gasteiger partial charge in [-0.3, -0.25) is 9.89 Å². The van der Waals surface area contributed by atoms with E-state index in [-0.39, 0.29) is 30.0 Å². The molecule has 7 heteroatoms. The largest absolute Gasteiger partial charge is 0.379 e. The number of hydrogen-bond acceptors (Lipinski definition) is 4. The summed E-state index contributed by atoms with van der Waals surface area (Å²) in [5, 5.41) is 6.98. The van der Waals surface area contributed by atoms with Crippen LogP contribution in [-0.4, -0.2) is 69.4 Å². The summed E-state index contributed by atoms with van der Waals surface area (Å²) in [6.45, 7) is 14.2. The Hall–Kier alpha value is -1.06. The van der Waals surface area contributed by atoms with Crippen molar-refractivity contribution in [2.24, 2.45) is 4.99 Å². The van der Waals surface area contributed by atoms with Crippen molar-refractivity contribution in [3.63, 3.8) is 0 Å². The van der Waals surface area contributed by atoms with Gasteiger partial charge in [0.1, 0.15) is 0 Å². The van der Waals surface area contributed by atoms with E-state index in [0.717, 1.165) is 45.4 Å². The highest BCUT2D eigenvalue weighted by Crippen LogP contribution is 2.23. The molecule has 2 fully saturated rings. The Morgan fingerprint density at radius 2 is 1.86 bits per heavy atom. The lowest BCUT2D eigenvalue weighted by atomic mass is 10.1. The average molecular weight is 515 g/mol. The molecular weight excluding hydrogens is 477 g/mol. The summed E-state index contributed by atoms with van der Waals surface area (Å²) in [5.74, 6) is 0.890. The third kappa shape index (κ3) is 7.29. The second kappa shape index (κ2) is 12.6. The molecule has 0 saturated carbocycles. The van der Waals surface area contributed by atoms with E-state index in [1.54, 1.807) is 0 Å². The zero-order valence-corrected chi connectivity index (χ0v) is 20.5. The van der Waals surface area contributed by atoms with Gasteiger partial charge in [0.15, 0.2) is 5.96 Å². The number of guanidine groups is 1. The van der Waals surface area contributed by atoms with Crippen molar-refractivity contribution < 1.29 is 4.74 Å². The molecule has 2 atom stereocenters. The quantitative estimate of drug-likeness (QED) is 0.332. The number of anilines is 1. The predicted molar refractivity (Wildman–Crippen MR) is 133 cm³/mol. The number of halogens is 1. The maximum absolute atomic E-state index is 5.46. The van der Waals surface area contributed by atoms with Gasteiger partial charge in [-0.1, -0.05) is 12.1 Å².